The number of furan rings is 1. The van der Waals surface area contributed by atoms with Crippen molar-refractivity contribution in [1.29, 1.82) is 5.26 Å². The van der Waals surface area contributed by atoms with Crippen LogP contribution in [0.5, 0.6) is 5.75 Å². The lowest BCUT2D eigenvalue weighted by atomic mass is 9.93. The van der Waals surface area contributed by atoms with Crippen molar-refractivity contribution in [2.24, 2.45) is 0 Å². The van der Waals surface area contributed by atoms with Crippen LogP contribution < -0.4 is 4.74 Å². The highest BCUT2D eigenvalue weighted by atomic mass is 16.6. The lowest BCUT2D eigenvalue weighted by Gasteiger charge is -2.24. The standard InChI is InChI=1S/C29H32N2O6/c1-5-34-27(32)25(15-26-24-11-6-19(16-30)14-21(24)18-35-26)20-7-9-22(10-8-20)36-23-12-13-31(17-23)28(33)37-29(2,3)4/h6-11,14,18,23,25H,5,12-13,15,17H2,1-4H3/t23-,25?/m0/s1. The van der Waals surface area contributed by atoms with Crippen molar-refractivity contribution in [3.8, 4) is 11.8 Å². The summed E-state index contributed by atoms with van der Waals surface area (Å²) in [7, 11) is 0. The van der Waals surface area contributed by atoms with Crippen LogP contribution in [0.3, 0.4) is 0 Å². The number of fused-ring (bicyclic) bond motifs is 1. The summed E-state index contributed by atoms with van der Waals surface area (Å²) in [6.45, 7) is 8.63. The summed E-state index contributed by atoms with van der Waals surface area (Å²) in [5.74, 6) is 0.423. The molecular weight excluding hydrogens is 472 g/mol. The molecule has 8 heteroatoms. The van der Waals surface area contributed by atoms with Crippen molar-refractivity contribution in [1.82, 2.24) is 4.90 Å². The van der Waals surface area contributed by atoms with E-state index < -0.39 is 11.5 Å². The summed E-state index contributed by atoms with van der Waals surface area (Å²) < 4.78 is 22.7. The Kier molecular flexibility index (Phi) is 7.72. The number of carbonyl (C=O) groups excluding carboxylic acids is 2. The first-order chi connectivity index (χ1) is 17.7. The maximum atomic E-state index is 12.9. The van der Waals surface area contributed by atoms with Gasteiger partial charge in [-0.25, -0.2) is 4.79 Å². The first-order valence-electron chi connectivity index (χ1n) is 12.5. The Hall–Kier alpha value is -3.99. The van der Waals surface area contributed by atoms with Crippen LogP contribution in [0.15, 0.2) is 53.1 Å². The number of hydrogen-bond donors (Lipinski definition) is 0. The van der Waals surface area contributed by atoms with Gasteiger partial charge in [0, 0.05) is 30.2 Å². The number of rotatable bonds is 7. The first-order valence-corrected chi connectivity index (χ1v) is 12.5. The van der Waals surface area contributed by atoms with Crippen LogP contribution in [-0.4, -0.2) is 48.4 Å². The molecule has 1 aliphatic rings. The van der Waals surface area contributed by atoms with Crippen LogP contribution >= 0.6 is 0 Å². The van der Waals surface area contributed by atoms with Gasteiger partial charge in [-0.3, -0.25) is 4.79 Å². The highest BCUT2D eigenvalue weighted by Gasteiger charge is 2.31. The number of carbonyl (C=O) groups is 2. The van der Waals surface area contributed by atoms with Gasteiger partial charge in [0.2, 0.25) is 0 Å². The van der Waals surface area contributed by atoms with E-state index in [1.807, 2.05) is 51.1 Å². The summed E-state index contributed by atoms with van der Waals surface area (Å²) in [6.07, 6.45) is 2.17. The SMILES string of the molecule is CCOC(=O)C(Cc1occ2cc(C#N)ccc12)c1ccc(O[C@H]2CCN(C(=O)OC(C)(C)C)C2)cc1. The zero-order valence-electron chi connectivity index (χ0n) is 21.7. The van der Waals surface area contributed by atoms with Gasteiger partial charge >= 0.3 is 12.1 Å². The molecule has 1 aliphatic heterocycles. The normalized spacial score (nSPS) is 16.3. The molecule has 194 valence electrons. The quantitative estimate of drug-likeness (QED) is 0.387. The van der Waals surface area contributed by atoms with Gasteiger partial charge in [-0.05, 0) is 63.6 Å². The number of nitriles is 1. The first kappa shape index (κ1) is 26.1. The molecular formula is C29H32N2O6. The van der Waals surface area contributed by atoms with Crippen LogP contribution in [0, 0.1) is 11.3 Å². The fraction of sp³-hybridized carbons (Fsp3) is 0.414. The Morgan fingerprint density at radius 2 is 1.95 bits per heavy atom. The van der Waals surface area contributed by atoms with E-state index in [1.54, 1.807) is 30.2 Å². The van der Waals surface area contributed by atoms with Crippen LogP contribution in [-0.2, 0) is 20.7 Å². The topological polar surface area (TPSA) is 102 Å². The van der Waals surface area contributed by atoms with Gasteiger partial charge in [0.25, 0.3) is 0 Å². The molecule has 2 atom stereocenters. The highest BCUT2D eigenvalue weighted by Crippen LogP contribution is 2.30. The minimum Gasteiger partial charge on any atom is -0.489 e. The fourth-order valence-corrected chi connectivity index (χ4v) is 4.39. The molecule has 8 nitrogen and oxygen atoms in total. The minimum absolute atomic E-state index is 0.132. The van der Waals surface area contributed by atoms with Crippen molar-refractivity contribution < 1.29 is 28.2 Å². The zero-order valence-corrected chi connectivity index (χ0v) is 21.7. The number of hydrogen-bond acceptors (Lipinski definition) is 7. The van der Waals surface area contributed by atoms with E-state index in [0.29, 0.717) is 43.0 Å². The second kappa shape index (κ2) is 11.0. The van der Waals surface area contributed by atoms with Crippen LogP contribution in [0.25, 0.3) is 10.8 Å². The van der Waals surface area contributed by atoms with E-state index in [-0.39, 0.29) is 24.8 Å². The molecule has 0 N–H and O–H groups in total. The third kappa shape index (κ3) is 6.42. The average Bonchev–Trinajstić information content (AvgIpc) is 3.49. The van der Waals surface area contributed by atoms with E-state index in [0.717, 1.165) is 16.3 Å². The van der Waals surface area contributed by atoms with Crippen molar-refractivity contribution in [2.75, 3.05) is 19.7 Å². The van der Waals surface area contributed by atoms with Crippen molar-refractivity contribution in [3.05, 3.63) is 65.6 Å². The van der Waals surface area contributed by atoms with Crippen molar-refractivity contribution in [3.63, 3.8) is 0 Å². The van der Waals surface area contributed by atoms with Gasteiger partial charge < -0.3 is 23.5 Å². The van der Waals surface area contributed by atoms with Gasteiger partial charge in [-0.2, -0.15) is 5.26 Å². The largest absolute Gasteiger partial charge is 0.489 e. The number of ether oxygens (including phenoxy) is 3. The summed E-state index contributed by atoms with van der Waals surface area (Å²) in [6, 6.07) is 14.8. The predicted octanol–water partition coefficient (Wildman–Crippen LogP) is 5.58. The Bertz CT molecular complexity index is 1300. The van der Waals surface area contributed by atoms with Gasteiger partial charge in [0.1, 0.15) is 23.2 Å². The number of benzene rings is 2. The van der Waals surface area contributed by atoms with Gasteiger partial charge in [-0.15, -0.1) is 0 Å². The Morgan fingerprint density at radius 3 is 2.62 bits per heavy atom. The van der Waals surface area contributed by atoms with Gasteiger partial charge in [0.15, 0.2) is 0 Å². The van der Waals surface area contributed by atoms with E-state index in [2.05, 4.69) is 6.07 Å². The molecule has 0 spiro atoms. The Balaban J connectivity index is 1.45. The smallest absolute Gasteiger partial charge is 0.410 e. The second-order valence-electron chi connectivity index (χ2n) is 10.1. The molecule has 37 heavy (non-hydrogen) atoms. The average molecular weight is 505 g/mol. The molecule has 1 amide bonds. The van der Waals surface area contributed by atoms with E-state index in [4.69, 9.17) is 23.9 Å². The Labute approximate surface area is 216 Å². The molecule has 0 bridgehead atoms. The van der Waals surface area contributed by atoms with Crippen molar-refractivity contribution >= 4 is 22.8 Å². The summed E-state index contributed by atoms with van der Waals surface area (Å²) in [5, 5.41) is 10.8. The van der Waals surface area contributed by atoms with Crippen LogP contribution in [0.4, 0.5) is 4.79 Å². The molecule has 0 saturated carbocycles. The van der Waals surface area contributed by atoms with Crippen LogP contribution in [0.1, 0.15) is 56.9 Å². The maximum Gasteiger partial charge on any atom is 0.410 e. The lowest BCUT2D eigenvalue weighted by molar-refractivity contribution is -0.145. The maximum absolute atomic E-state index is 12.9. The van der Waals surface area contributed by atoms with E-state index in [1.165, 1.54) is 0 Å². The second-order valence-corrected chi connectivity index (χ2v) is 10.1. The molecule has 1 saturated heterocycles. The zero-order chi connectivity index (χ0) is 26.6. The summed E-state index contributed by atoms with van der Waals surface area (Å²) in [5.41, 5.74) is 0.794. The van der Waals surface area contributed by atoms with E-state index in [9.17, 15) is 9.59 Å². The summed E-state index contributed by atoms with van der Waals surface area (Å²) in [4.78, 5) is 26.9. The molecule has 1 aromatic heterocycles. The predicted molar refractivity (Wildman–Crippen MR) is 137 cm³/mol. The summed E-state index contributed by atoms with van der Waals surface area (Å²) >= 11 is 0. The van der Waals surface area contributed by atoms with E-state index >= 15 is 0 Å². The van der Waals surface area contributed by atoms with Crippen molar-refractivity contribution in [2.45, 2.75) is 58.2 Å². The minimum atomic E-state index is -0.562. The lowest BCUT2D eigenvalue weighted by Crippen LogP contribution is -2.36. The highest BCUT2D eigenvalue weighted by molar-refractivity contribution is 5.86. The molecule has 3 aromatic rings. The third-order valence-corrected chi connectivity index (χ3v) is 6.15. The monoisotopic (exact) mass is 504 g/mol. The van der Waals surface area contributed by atoms with Gasteiger partial charge in [0.05, 0.1) is 37.0 Å². The molecule has 0 radical (unpaired) electrons. The van der Waals surface area contributed by atoms with Gasteiger partial charge in [-0.1, -0.05) is 12.1 Å². The molecule has 1 unspecified atom stereocenters. The number of esters is 1. The Morgan fingerprint density at radius 1 is 1.19 bits per heavy atom. The number of nitrogens with zero attached hydrogens (tertiary/aromatic N) is 2. The number of amides is 1. The molecule has 2 aromatic carbocycles. The van der Waals surface area contributed by atoms with Crippen LogP contribution in [0.2, 0.25) is 0 Å². The molecule has 4 rings (SSSR count). The molecule has 1 fully saturated rings. The number of likely N-dealkylation sites (tertiary alicyclic amines) is 1. The third-order valence-electron chi connectivity index (χ3n) is 6.15. The fourth-order valence-electron chi connectivity index (χ4n) is 4.39. The molecule has 0 aliphatic carbocycles. The molecule has 2 heterocycles.